The molecule has 1 aromatic heterocycles. The minimum Gasteiger partial charge on any atom is -0.376 e. The Labute approximate surface area is 120 Å². The summed E-state index contributed by atoms with van der Waals surface area (Å²) in [4.78, 5) is 9.03. The van der Waals surface area contributed by atoms with Gasteiger partial charge in [-0.2, -0.15) is 0 Å². The zero-order chi connectivity index (χ0) is 13.4. The minimum absolute atomic E-state index is 0.409. The van der Waals surface area contributed by atoms with Crippen LogP contribution in [0.3, 0.4) is 0 Å². The number of fused-ring (bicyclic) bond motifs is 1. The number of aromatic nitrogens is 2. The Morgan fingerprint density at radius 3 is 2.85 bits per heavy atom. The van der Waals surface area contributed by atoms with Gasteiger partial charge in [-0.25, -0.2) is 9.97 Å². The van der Waals surface area contributed by atoms with Crippen LogP contribution in [-0.4, -0.2) is 28.7 Å². The second-order valence-electron chi connectivity index (χ2n) is 6.42. The van der Waals surface area contributed by atoms with Gasteiger partial charge in [0.15, 0.2) is 0 Å². The number of nitrogens with zero attached hydrogens (tertiary/aromatic N) is 2. The van der Waals surface area contributed by atoms with Crippen molar-refractivity contribution in [1.29, 1.82) is 0 Å². The predicted molar refractivity (Wildman–Crippen MR) is 77.8 cm³/mol. The molecule has 4 heteroatoms. The van der Waals surface area contributed by atoms with Gasteiger partial charge in [0, 0.05) is 17.9 Å². The second kappa shape index (κ2) is 5.32. The molecule has 0 spiro atoms. The number of anilines is 1. The molecule has 1 aliphatic heterocycles. The summed E-state index contributed by atoms with van der Waals surface area (Å²) in [6.07, 6.45) is 12.0. The quantitative estimate of drug-likeness (QED) is 0.860. The van der Waals surface area contributed by atoms with Crippen LogP contribution in [0.5, 0.6) is 0 Å². The van der Waals surface area contributed by atoms with Gasteiger partial charge in [-0.1, -0.05) is 6.42 Å². The Bertz CT molecular complexity index is 487. The average Bonchev–Trinajstić information content (AvgIpc) is 3.24. The average molecular weight is 273 g/mol. The van der Waals surface area contributed by atoms with Crippen molar-refractivity contribution in [1.82, 2.24) is 9.97 Å². The van der Waals surface area contributed by atoms with E-state index in [-0.39, 0.29) is 0 Å². The summed E-state index contributed by atoms with van der Waals surface area (Å²) in [5.41, 5.74) is 2.63. The number of rotatable bonds is 3. The molecule has 0 bridgehead atoms. The number of hydrogen-bond donors (Lipinski definition) is 1. The lowest BCUT2D eigenvalue weighted by molar-refractivity contribution is 0.0898. The van der Waals surface area contributed by atoms with Gasteiger partial charge in [-0.15, -0.1) is 0 Å². The molecule has 2 heterocycles. The number of hydrogen-bond acceptors (Lipinski definition) is 4. The zero-order valence-electron chi connectivity index (χ0n) is 12.0. The highest BCUT2D eigenvalue weighted by atomic mass is 16.5. The van der Waals surface area contributed by atoms with Gasteiger partial charge >= 0.3 is 0 Å². The van der Waals surface area contributed by atoms with Crippen LogP contribution in [0.25, 0.3) is 0 Å². The van der Waals surface area contributed by atoms with Gasteiger partial charge in [0.25, 0.3) is 0 Å². The highest BCUT2D eigenvalue weighted by Crippen LogP contribution is 2.39. The first-order chi connectivity index (χ1) is 9.92. The van der Waals surface area contributed by atoms with Gasteiger partial charge in [0.1, 0.15) is 12.1 Å². The van der Waals surface area contributed by atoms with Gasteiger partial charge < -0.3 is 10.1 Å². The van der Waals surface area contributed by atoms with Crippen LogP contribution in [0.1, 0.15) is 49.8 Å². The Morgan fingerprint density at radius 2 is 1.95 bits per heavy atom. The number of aryl methyl sites for hydroxylation is 1. The lowest BCUT2D eigenvalue weighted by atomic mass is 10.0. The summed E-state index contributed by atoms with van der Waals surface area (Å²) in [5.74, 6) is 1.87. The van der Waals surface area contributed by atoms with Gasteiger partial charge in [0.2, 0.25) is 0 Å². The van der Waals surface area contributed by atoms with E-state index in [9.17, 15) is 0 Å². The summed E-state index contributed by atoms with van der Waals surface area (Å²) < 4.78 is 5.92. The van der Waals surface area contributed by atoms with Gasteiger partial charge in [-0.05, 0) is 50.9 Å². The first-order valence-corrected chi connectivity index (χ1v) is 8.13. The second-order valence-corrected chi connectivity index (χ2v) is 6.42. The van der Waals surface area contributed by atoms with Crippen LogP contribution in [0.2, 0.25) is 0 Å². The third-order valence-electron chi connectivity index (χ3n) is 4.92. The fourth-order valence-electron chi connectivity index (χ4n) is 3.65. The molecule has 2 unspecified atom stereocenters. The van der Waals surface area contributed by atoms with Crippen molar-refractivity contribution < 1.29 is 4.74 Å². The van der Waals surface area contributed by atoms with E-state index in [1.807, 2.05) is 0 Å². The molecular formula is C16H23N3O. The number of ether oxygens (including phenoxy) is 1. The predicted octanol–water partition coefficient (Wildman–Crippen LogP) is 2.72. The topological polar surface area (TPSA) is 47.0 Å². The van der Waals surface area contributed by atoms with E-state index < -0.39 is 0 Å². The number of nitrogens with one attached hydrogen (secondary N) is 1. The van der Waals surface area contributed by atoms with Crippen molar-refractivity contribution in [3.8, 4) is 0 Å². The van der Waals surface area contributed by atoms with Crippen molar-refractivity contribution in [3.05, 3.63) is 17.6 Å². The molecule has 0 amide bonds. The van der Waals surface area contributed by atoms with E-state index in [0.717, 1.165) is 37.6 Å². The molecule has 1 N–H and O–H groups in total. The zero-order valence-corrected chi connectivity index (χ0v) is 12.0. The van der Waals surface area contributed by atoms with Crippen LogP contribution in [0.15, 0.2) is 6.33 Å². The Morgan fingerprint density at radius 1 is 1.05 bits per heavy atom. The molecule has 1 saturated carbocycles. The molecule has 0 aromatic carbocycles. The van der Waals surface area contributed by atoms with Crippen LogP contribution in [0.4, 0.5) is 5.82 Å². The maximum absolute atomic E-state index is 5.92. The SMILES string of the molecule is c1nc2c(c(NC3CCOC3C3CC3)n1)CCCCC2. The van der Waals surface area contributed by atoms with Crippen LogP contribution < -0.4 is 5.32 Å². The fourth-order valence-corrected chi connectivity index (χ4v) is 3.65. The monoisotopic (exact) mass is 273 g/mol. The summed E-state index contributed by atoms with van der Waals surface area (Å²) in [7, 11) is 0. The first kappa shape index (κ1) is 12.6. The Balaban J connectivity index is 1.56. The molecule has 4 nitrogen and oxygen atoms in total. The summed E-state index contributed by atoms with van der Waals surface area (Å²) in [6.45, 7) is 0.895. The Hall–Kier alpha value is -1.16. The van der Waals surface area contributed by atoms with E-state index in [1.165, 1.54) is 43.4 Å². The van der Waals surface area contributed by atoms with E-state index >= 15 is 0 Å². The van der Waals surface area contributed by atoms with Gasteiger partial charge in [-0.3, -0.25) is 0 Å². The summed E-state index contributed by atoms with van der Waals surface area (Å²) in [6, 6.07) is 0.449. The Kier molecular flexibility index (Phi) is 3.34. The van der Waals surface area contributed by atoms with E-state index in [4.69, 9.17) is 4.74 Å². The van der Waals surface area contributed by atoms with Crippen LogP contribution >= 0.6 is 0 Å². The van der Waals surface area contributed by atoms with Crippen LogP contribution in [-0.2, 0) is 17.6 Å². The largest absolute Gasteiger partial charge is 0.376 e. The third kappa shape index (κ3) is 2.41. The molecule has 2 atom stereocenters. The standard InChI is InChI=1S/C16H23N3O/c1-2-4-12-13(5-3-1)17-10-18-16(12)19-14-8-9-20-15(14)11-6-7-11/h10-11,14-15H,1-9H2,(H,17,18,19). The van der Waals surface area contributed by atoms with Crippen molar-refractivity contribution in [3.63, 3.8) is 0 Å². The molecule has 20 heavy (non-hydrogen) atoms. The van der Waals surface area contributed by atoms with Crippen molar-refractivity contribution >= 4 is 5.82 Å². The summed E-state index contributed by atoms with van der Waals surface area (Å²) in [5, 5.41) is 3.69. The molecular weight excluding hydrogens is 250 g/mol. The lowest BCUT2D eigenvalue weighted by Crippen LogP contribution is -2.32. The van der Waals surface area contributed by atoms with E-state index in [0.29, 0.717) is 12.1 Å². The van der Waals surface area contributed by atoms with Crippen molar-refractivity contribution in [2.24, 2.45) is 5.92 Å². The first-order valence-electron chi connectivity index (χ1n) is 8.13. The van der Waals surface area contributed by atoms with Crippen LogP contribution in [0, 0.1) is 5.92 Å². The molecule has 4 rings (SSSR count). The maximum Gasteiger partial charge on any atom is 0.133 e. The fraction of sp³-hybridized carbons (Fsp3) is 0.750. The molecule has 1 aromatic rings. The van der Waals surface area contributed by atoms with E-state index in [2.05, 4.69) is 15.3 Å². The molecule has 1 saturated heterocycles. The maximum atomic E-state index is 5.92. The summed E-state index contributed by atoms with van der Waals surface area (Å²) >= 11 is 0. The smallest absolute Gasteiger partial charge is 0.133 e. The van der Waals surface area contributed by atoms with Gasteiger partial charge in [0.05, 0.1) is 12.1 Å². The van der Waals surface area contributed by atoms with Crippen molar-refractivity contribution in [2.75, 3.05) is 11.9 Å². The third-order valence-corrected chi connectivity index (χ3v) is 4.92. The minimum atomic E-state index is 0.409. The van der Waals surface area contributed by atoms with E-state index in [1.54, 1.807) is 6.33 Å². The highest BCUT2D eigenvalue weighted by Gasteiger charge is 2.41. The molecule has 2 fully saturated rings. The molecule has 108 valence electrons. The molecule has 2 aliphatic carbocycles. The molecule has 0 radical (unpaired) electrons. The highest BCUT2D eigenvalue weighted by molar-refractivity contribution is 5.47. The molecule has 3 aliphatic rings. The lowest BCUT2D eigenvalue weighted by Gasteiger charge is -2.22. The van der Waals surface area contributed by atoms with Crippen molar-refractivity contribution in [2.45, 2.75) is 63.5 Å². The normalized spacial score (nSPS) is 29.8.